The minimum Gasteiger partial charge on any atom is -1.00 e. The quantitative estimate of drug-likeness (QED) is 0.0688. The topological polar surface area (TPSA) is 124 Å². The average Bonchev–Trinajstić information content (AvgIpc) is 2.88. The van der Waals surface area contributed by atoms with Crippen molar-refractivity contribution in [2.24, 2.45) is 0 Å². The van der Waals surface area contributed by atoms with Gasteiger partial charge in [0.25, 0.3) is 0 Å². The number of quaternary nitrogens is 5. The molecule has 12 heteroatoms. The Labute approximate surface area is 270 Å². The molecule has 7 nitrogen and oxygen atoms in total. The molecule has 230 valence electrons. The summed E-state index contributed by atoms with van der Waals surface area (Å²) in [7, 11) is 0. The van der Waals surface area contributed by atoms with Crippen LogP contribution in [0.4, 0.5) is 0 Å². The van der Waals surface area contributed by atoms with Crippen LogP contribution in [0.5, 0.6) is 0 Å². The van der Waals surface area contributed by atoms with Gasteiger partial charge in [0, 0.05) is 49.3 Å². The van der Waals surface area contributed by atoms with Crippen molar-refractivity contribution in [1.82, 2.24) is 4.98 Å². The normalized spacial score (nSPS) is 10.0. The van der Waals surface area contributed by atoms with Gasteiger partial charge in [-0.25, -0.2) is 9.78 Å². The number of benzene rings is 2. The molecule has 0 radical (unpaired) electrons. The number of para-hydroxylation sites is 2. The van der Waals surface area contributed by atoms with E-state index in [0.29, 0.717) is 0 Å². The van der Waals surface area contributed by atoms with Gasteiger partial charge in [-0.15, -0.1) is 0 Å². The van der Waals surface area contributed by atoms with E-state index >= 15 is 0 Å². The number of carbonyl (C=O) groups is 1. The summed E-state index contributed by atoms with van der Waals surface area (Å²) in [4.78, 5) is 17.9. The van der Waals surface area contributed by atoms with Gasteiger partial charge in [0.05, 0.1) is 69.0 Å². The minimum absolute atomic E-state index is 0. The summed E-state index contributed by atoms with van der Waals surface area (Å²) in [6.45, 7) is 9.22. The molecule has 0 saturated heterocycles. The molecule has 1 heterocycles. The van der Waals surface area contributed by atoms with Crippen LogP contribution >= 0.6 is 0 Å². The Morgan fingerprint density at radius 2 is 0.975 bits per heavy atom. The molecule has 0 aliphatic heterocycles. The van der Waals surface area contributed by atoms with E-state index in [1.807, 2.05) is 53.8 Å². The molecule has 2 aromatic carbocycles. The van der Waals surface area contributed by atoms with Crippen LogP contribution in [-0.4, -0.2) is 63.2 Å². The summed E-state index contributed by atoms with van der Waals surface area (Å²) < 4.78 is 0. The third kappa shape index (κ3) is 15.3. The summed E-state index contributed by atoms with van der Waals surface area (Å²) in [5.74, 6) is 0.121. The third-order valence-corrected chi connectivity index (χ3v) is 6.57. The van der Waals surface area contributed by atoms with E-state index < -0.39 is 0 Å². The Morgan fingerprint density at radius 1 is 0.575 bits per heavy atom. The number of carbonyl (C=O) groups excluding carboxylic acids is 1. The lowest BCUT2D eigenvalue weighted by Crippen LogP contribution is -3.00. The molecule has 0 unspecified atom stereocenters. The van der Waals surface area contributed by atoms with Crippen LogP contribution in [0.25, 0.3) is 21.8 Å². The predicted octanol–water partition coefficient (Wildman–Crippen LogP) is -16.6. The first-order valence-electron chi connectivity index (χ1n) is 13.7. The second-order valence-electron chi connectivity index (χ2n) is 9.45. The maximum atomic E-state index is 13.1. The zero-order valence-corrected chi connectivity index (χ0v) is 27.1. The van der Waals surface area contributed by atoms with Gasteiger partial charge in [-0.05, 0) is 12.1 Å². The van der Waals surface area contributed by atoms with Crippen molar-refractivity contribution in [2.75, 3.05) is 52.4 Å². The zero-order valence-electron chi connectivity index (χ0n) is 23.3. The average molecular weight is 661 g/mol. The lowest BCUT2D eigenvalue weighted by atomic mass is 10.0. The van der Waals surface area contributed by atoms with Crippen molar-refractivity contribution in [3.8, 4) is 0 Å². The van der Waals surface area contributed by atoms with Gasteiger partial charge in [-0.3, -0.25) is 5.32 Å². The molecular weight excluding hydrogens is 614 g/mol. The van der Waals surface area contributed by atoms with Gasteiger partial charge < -0.3 is 83.7 Å². The van der Waals surface area contributed by atoms with Gasteiger partial charge in [0.15, 0.2) is 0 Å². The Bertz CT molecular complexity index is 992. The molecule has 3 aromatic rings. The van der Waals surface area contributed by atoms with Crippen LogP contribution in [0.1, 0.15) is 48.9 Å². The largest absolute Gasteiger partial charge is 1.00 e. The molecule has 1 aromatic heterocycles. The molecule has 0 spiro atoms. The van der Waals surface area contributed by atoms with Gasteiger partial charge in [-0.2, -0.15) is 0 Å². The van der Waals surface area contributed by atoms with E-state index in [-0.39, 0.29) is 67.9 Å². The minimum atomic E-state index is 0. The Morgan fingerprint density at radius 3 is 1.45 bits per heavy atom. The number of nitrogens with two attached hydrogens (primary N) is 4. The Kier molecular flexibility index (Phi) is 29.2. The Balaban J connectivity index is -0.00000274. The van der Waals surface area contributed by atoms with Gasteiger partial charge in [-0.1, -0.05) is 36.4 Å². The summed E-state index contributed by atoms with van der Waals surface area (Å²) in [5.41, 5.74) is 6.44. The second kappa shape index (κ2) is 26.9. The number of rotatable bonds is 18. The van der Waals surface area contributed by atoms with Crippen LogP contribution in [0.15, 0.2) is 48.5 Å². The molecule has 0 bridgehead atoms. The molecule has 0 atom stereocenters. The number of hydrogen-bond donors (Lipinski definition) is 5. The standard InChI is InChI=1S/C28H42N6O.5ClH/c29-15-9-19-30-16-5-6-17-31-20-10-21-32-18-7-8-22-33-28(35)27-23-11-1-3-13-25(23)34-26-14-4-2-12-24(26)27;;;;;/h1-4,11-14,30-32H,5-10,15-22,29H2,(H,33,35);5*1H. The van der Waals surface area contributed by atoms with Crippen molar-refractivity contribution in [2.45, 2.75) is 38.5 Å². The monoisotopic (exact) mass is 658 g/mol. The fraction of sp³-hybridized carbons (Fsp3) is 0.500. The predicted molar refractivity (Wildman–Crippen MR) is 141 cm³/mol. The highest BCUT2D eigenvalue weighted by atomic mass is 35.5. The molecule has 0 aliphatic carbocycles. The maximum Gasteiger partial charge on any atom is 0.344 e. The summed E-state index contributed by atoms with van der Waals surface area (Å²) >= 11 is 0. The highest BCUT2D eigenvalue weighted by Gasteiger charge is 2.18. The maximum absolute atomic E-state index is 13.1. The SMILES string of the molecule is [Cl-].[Cl-].[Cl-].[Cl-].[Cl-].[NH3+]CCC[NH2+]CCCC[NH2+]CCC[NH2+]CCCC[NH2+]C(=O)c1c2ccccc2nc2ccccc12. The highest BCUT2D eigenvalue weighted by molar-refractivity contribution is 6.13. The molecular formula is C28H47Cl5N6O. The van der Waals surface area contributed by atoms with E-state index in [1.54, 1.807) is 0 Å². The fourth-order valence-electron chi connectivity index (χ4n) is 4.58. The van der Waals surface area contributed by atoms with Crippen LogP contribution < -0.4 is 89.0 Å². The number of amides is 1. The first kappa shape index (κ1) is 43.5. The van der Waals surface area contributed by atoms with Crippen LogP contribution in [0.3, 0.4) is 0 Å². The molecule has 40 heavy (non-hydrogen) atoms. The molecule has 0 fully saturated rings. The van der Waals surface area contributed by atoms with Gasteiger partial charge in [0.1, 0.15) is 0 Å². The van der Waals surface area contributed by atoms with Crippen LogP contribution in [-0.2, 0) is 0 Å². The first-order valence-corrected chi connectivity index (χ1v) is 13.7. The Hall–Kier alpha value is -0.970. The smallest absolute Gasteiger partial charge is 0.344 e. The van der Waals surface area contributed by atoms with Crippen molar-refractivity contribution >= 4 is 27.7 Å². The molecule has 3 rings (SSSR count). The lowest BCUT2D eigenvalue weighted by Gasteiger charge is -2.08. The molecule has 0 aliphatic rings. The second-order valence-corrected chi connectivity index (χ2v) is 9.45. The van der Waals surface area contributed by atoms with Crippen molar-refractivity contribution in [3.63, 3.8) is 0 Å². The number of primary amides is 1. The van der Waals surface area contributed by atoms with Crippen molar-refractivity contribution < 1.29 is 93.8 Å². The van der Waals surface area contributed by atoms with Crippen LogP contribution in [0, 0.1) is 0 Å². The number of fused-ring (bicyclic) bond motifs is 2. The molecule has 1 amide bonds. The summed E-state index contributed by atoms with van der Waals surface area (Å²) in [6, 6.07) is 15.9. The fourth-order valence-corrected chi connectivity index (χ4v) is 4.58. The first-order chi connectivity index (χ1) is 17.3. The summed E-state index contributed by atoms with van der Waals surface area (Å²) in [6.07, 6.45) is 7.36. The molecule has 11 N–H and O–H groups in total. The van der Waals surface area contributed by atoms with Crippen LogP contribution in [0.2, 0.25) is 0 Å². The number of halogens is 5. The number of hydrogen-bond acceptors (Lipinski definition) is 2. The number of aromatic nitrogens is 1. The van der Waals surface area contributed by atoms with E-state index in [0.717, 1.165) is 59.8 Å². The number of pyridine rings is 1. The van der Waals surface area contributed by atoms with Crippen molar-refractivity contribution in [1.29, 1.82) is 0 Å². The lowest BCUT2D eigenvalue weighted by molar-refractivity contribution is -0.682. The van der Waals surface area contributed by atoms with E-state index in [1.165, 1.54) is 58.4 Å². The third-order valence-electron chi connectivity index (χ3n) is 6.57. The van der Waals surface area contributed by atoms with E-state index in [9.17, 15) is 4.79 Å². The van der Waals surface area contributed by atoms with E-state index in [4.69, 9.17) is 4.98 Å². The van der Waals surface area contributed by atoms with Crippen molar-refractivity contribution in [3.05, 3.63) is 54.1 Å². The van der Waals surface area contributed by atoms with Gasteiger partial charge in [0.2, 0.25) is 0 Å². The number of nitrogens with zero attached hydrogens (tertiary/aromatic N) is 1. The highest BCUT2D eigenvalue weighted by Crippen LogP contribution is 2.25. The summed E-state index contributed by atoms with van der Waals surface area (Å²) in [5, 5.41) is 11.1. The van der Waals surface area contributed by atoms with E-state index in [2.05, 4.69) is 21.7 Å². The van der Waals surface area contributed by atoms with Gasteiger partial charge >= 0.3 is 5.91 Å². The zero-order chi connectivity index (χ0) is 24.6. The molecule has 0 saturated carbocycles. The number of unbranched alkanes of at least 4 members (excludes halogenated alkanes) is 2.